The van der Waals surface area contributed by atoms with Crippen LogP contribution in [0.25, 0.3) is 0 Å². The van der Waals surface area contributed by atoms with Crippen LogP contribution in [0.2, 0.25) is 0 Å². The van der Waals surface area contributed by atoms with Crippen LogP contribution in [-0.4, -0.2) is 13.0 Å². The number of hydrogen-bond acceptors (Lipinski definition) is 3. The van der Waals surface area contributed by atoms with E-state index in [9.17, 15) is 4.79 Å². The quantitative estimate of drug-likeness (QED) is 0.592. The van der Waals surface area contributed by atoms with Crippen molar-refractivity contribution in [3.05, 3.63) is 29.8 Å². The van der Waals surface area contributed by atoms with E-state index in [1.54, 1.807) is 13.3 Å². The zero-order valence-electron chi connectivity index (χ0n) is 8.49. The molecule has 0 spiro atoms. The molecule has 0 radical (unpaired) electrons. The highest BCUT2D eigenvalue weighted by Gasteiger charge is 2.05. The summed E-state index contributed by atoms with van der Waals surface area (Å²) >= 11 is 0. The number of nitriles is 1. The van der Waals surface area contributed by atoms with Crippen LogP contribution in [0.3, 0.4) is 0 Å². The van der Waals surface area contributed by atoms with Gasteiger partial charge in [-0.25, -0.2) is 0 Å². The van der Waals surface area contributed by atoms with Gasteiger partial charge in [-0.15, -0.1) is 0 Å². The largest absolute Gasteiger partial charge is 0.496 e. The highest BCUT2D eigenvalue weighted by Crippen LogP contribution is 2.18. The van der Waals surface area contributed by atoms with Crippen LogP contribution in [0.1, 0.15) is 12.0 Å². The molecule has 1 aromatic rings. The van der Waals surface area contributed by atoms with E-state index < -0.39 is 0 Å². The van der Waals surface area contributed by atoms with Crippen LogP contribution >= 0.6 is 0 Å². The van der Waals surface area contributed by atoms with Crippen molar-refractivity contribution in [2.45, 2.75) is 12.8 Å². The van der Waals surface area contributed by atoms with Gasteiger partial charge in [0.1, 0.15) is 5.75 Å². The number of nitrogens with zero attached hydrogens (tertiary/aromatic N) is 1. The molecule has 1 N–H and O–H groups in total. The van der Waals surface area contributed by atoms with E-state index in [-0.39, 0.29) is 12.3 Å². The van der Waals surface area contributed by atoms with Gasteiger partial charge in [0.2, 0.25) is 5.91 Å². The Labute approximate surface area is 88.5 Å². The van der Waals surface area contributed by atoms with Gasteiger partial charge in [-0.1, -0.05) is 18.2 Å². The average molecular weight is 204 g/mol. The summed E-state index contributed by atoms with van der Waals surface area (Å²) in [5.41, 5.74) is 0.966. The second-order valence-corrected chi connectivity index (χ2v) is 2.97. The van der Waals surface area contributed by atoms with Crippen molar-refractivity contribution in [1.82, 2.24) is 5.32 Å². The molecule has 0 aromatic heterocycles. The number of nitrogens with one attached hydrogen (secondary N) is 1. The SMILES string of the molecule is COc1ccccc1CCC(=O)NC#N. The summed E-state index contributed by atoms with van der Waals surface area (Å²) in [6.45, 7) is 0. The molecule has 1 rings (SSSR count). The Hall–Kier alpha value is -2.02. The summed E-state index contributed by atoms with van der Waals surface area (Å²) in [6.07, 6.45) is 2.45. The molecule has 1 aromatic carbocycles. The average Bonchev–Trinajstić information content (AvgIpc) is 2.27. The summed E-state index contributed by atoms with van der Waals surface area (Å²) in [6, 6.07) is 7.51. The van der Waals surface area contributed by atoms with Gasteiger partial charge in [-0.3, -0.25) is 10.1 Å². The van der Waals surface area contributed by atoms with Crippen molar-refractivity contribution >= 4 is 5.91 Å². The van der Waals surface area contributed by atoms with Gasteiger partial charge in [-0.05, 0) is 18.1 Å². The monoisotopic (exact) mass is 204 g/mol. The molecule has 4 heteroatoms. The number of hydrogen-bond donors (Lipinski definition) is 1. The number of aryl methyl sites for hydroxylation is 1. The lowest BCUT2D eigenvalue weighted by atomic mass is 10.1. The van der Waals surface area contributed by atoms with Crippen molar-refractivity contribution < 1.29 is 9.53 Å². The zero-order valence-corrected chi connectivity index (χ0v) is 8.49. The first kappa shape index (κ1) is 11.1. The summed E-state index contributed by atoms with van der Waals surface area (Å²) in [4.78, 5) is 11.0. The number of amides is 1. The number of rotatable bonds is 4. The van der Waals surface area contributed by atoms with Crippen molar-refractivity contribution in [3.63, 3.8) is 0 Å². The predicted molar refractivity (Wildman–Crippen MR) is 55.1 cm³/mol. The highest BCUT2D eigenvalue weighted by atomic mass is 16.5. The summed E-state index contributed by atoms with van der Waals surface area (Å²) < 4.78 is 5.14. The van der Waals surface area contributed by atoms with Gasteiger partial charge in [0.25, 0.3) is 0 Å². The molecule has 78 valence electrons. The summed E-state index contributed by atoms with van der Waals surface area (Å²) in [7, 11) is 1.59. The first-order valence-corrected chi connectivity index (χ1v) is 4.57. The standard InChI is InChI=1S/C11H12N2O2/c1-15-10-5-3-2-4-9(10)6-7-11(14)13-8-12/h2-5H,6-7H2,1H3,(H,13,14). The molecular formula is C11H12N2O2. The zero-order chi connectivity index (χ0) is 11.1. The Morgan fingerprint density at radius 1 is 1.53 bits per heavy atom. The van der Waals surface area contributed by atoms with Crippen LogP contribution in [0.4, 0.5) is 0 Å². The third-order valence-electron chi connectivity index (χ3n) is 2.01. The molecule has 1 amide bonds. The number of methoxy groups -OCH3 is 1. The number of carbonyl (C=O) groups excluding carboxylic acids is 1. The van der Waals surface area contributed by atoms with E-state index in [1.807, 2.05) is 24.3 Å². The Kier molecular flexibility index (Phi) is 4.17. The molecule has 0 fully saturated rings. The molecular weight excluding hydrogens is 192 g/mol. The van der Waals surface area contributed by atoms with E-state index in [4.69, 9.17) is 10.00 Å². The van der Waals surface area contributed by atoms with Crippen LogP contribution in [-0.2, 0) is 11.2 Å². The first-order valence-electron chi connectivity index (χ1n) is 4.57. The van der Waals surface area contributed by atoms with E-state index in [2.05, 4.69) is 5.32 Å². The molecule has 0 saturated carbocycles. The normalized spacial score (nSPS) is 9.07. The predicted octanol–water partition coefficient (Wildman–Crippen LogP) is 1.23. The fourth-order valence-electron chi connectivity index (χ4n) is 1.28. The van der Waals surface area contributed by atoms with E-state index in [1.165, 1.54) is 0 Å². The van der Waals surface area contributed by atoms with Gasteiger partial charge in [0.15, 0.2) is 6.19 Å². The third kappa shape index (κ3) is 3.31. The maximum Gasteiger partial charge on any atom is 0.233 e. The summed E-state index contributed by atoms with van der Waals surface area (Å²) in [5, 5.41) is 10.3. The molecule has 0 atom stereocenters. The molecule has 0 aliphatic carbocycles. The lowest BCUT2D eigenvalue weighted by molar-refractivity contribution is -0.119. The van der Waals surface area contributed by atoms with Gasteiger partial charge in [-0.2, -0.15) is 5.26 Å². The molecule has 0 aliphatic heterocycles. The van der Waals surface area contributed by atoms with Crippen molar-refractivity contribution in [3.8, 4) is 11.9 Å². The third-order valence-corrected chi connectivity index (χ3v) is 2.01. The second-order valence-electron chi connectivity index (χ2n) is 2.97. The van der Waals surface area contributed by atoms with Crippen molar-refractivity contribution in [2.24, 2.45) is 0 Å². The highest BCUT2D eigenvalue weighted by molar-refractivity contribution is 5.77. The Morgan fingerprint density at radius 2 is 2.27 bits per heavy atom. The fraction of sp³-hybridized carbons (Fsp3) is 0.273. The van der Waals surface area contributed by atoms with Gasteiger partial charge in [0.05, 0.1) is 7.11 Å². The number of ether oxygens (including phenoxy) is 1. The lowest BCUT2D eigenvalue weighted by Gasteiger charge is -2.06. The van der Waals surface area contributed by atoms with E-state index >= 15 is 0 Å². The fourth-order valence-corrected chi connectivity index (χ4v) is 1.28. The first-order chi connectivity index (χ1) is 7.27. The molecule has 15 heavy (non-hydrogen) atoms. The van der Waals surface area contributed by atoms with Crippen molar-refractivity contribution in [1.29, 1.82) is 5.26 Å². The number of benzene rings is 1. The maximum atomic E-state index is 11.0. The van der Waals surface area contributed by atoms with E-state index in [0.717, 1.165) is 11.3 Å². The molecule has 0 aliphatic rings. The molecule has 0 unspecified atom stereocenters. The van der Waals surface area contributed by atoms with Crippen molar-refractivity contribution in [2.75, 3.05) is 7.11 Å². The Bertz CT molecular complexity index is 382. The van der Waals surface area contributed by atoms with Gasteiger partial charge in [0, 0.05) is 6.42 Å². The lowest BCUT2D eigenvalue weighted by Crippen LogP contribution is -2.17. The van der Waals surface area contributed by atoms with Crippen LogP contribution in [0, 0.1) is 11.5 Å². The molecule has 0 saturated heterocycles. The minimum atomic E-state index is -0.275. The number of para-hydroxylation sites is 1. The van der Waals surface area contributed by atoms with Crippen LogP contribution in [0.15, 0.2) is 24.3 Å². The Balaban J connectivity index is 2.57. The minimum Gasteiger partial charge on any atom is -0.496 e. The van der Waals surface area contributed by atoms with Gasteiger partial charge < -0.3 is 4.74 Å². The maximum absolute atomic E-state index is 11.0. The Morgan fingerprint density at radius 3 is 2.93 bits per heavy atom. The van der Waals surface area contributed by atoms with Gasteiger partial charge >= 0.3 is 0 Å². The van der Waals surface area contributed by atoms with Crippen LogP contribution in [0.5, 0.6) is 5.75 Å². The second kappa shape index (κ2) is 5.66. The molecule has 4 nitrogen and oxygen atoms in total. The van der Waals surface area contributed by atoms with Crippen LogP contribution < -0.4 is 10.1 Å². The molecule has 0 bridgehead atoms. The minimum absolute atomic E-state index is 0.275. The topological polar surface area (TPSA) is 62.1 Å². The number of carbonyl (C=O) groups is 1. The summed E-state index contributed by atoms with van der Waals surface area (Å²) in [5.74, 6) is 0.491. The molecule has 0 heterocycles. The smallest absolute Gasteiger partial charge is 0.233 e. The van der Waals surface area contributed by atoms with E-state index in [0.29, 0.717) is 6.42 Å².